The van der Waals surface area contributed by atoms with Gasteiger partial charge < -0.3 is 0 Å². The van der Waals surface area contributed by atoms with Crippen LogP contribution in [0.15, 0.2) is 27.7 Å². The van der Waals surface area contributed by atoms with Gasteiger partial charge in [0.25, 0.3) is 5.91 Å². The molecule has 0 N–H and O–H groups in total. The van der Waals surface area contributed by atoms with Crippen molar-refractivity contribution >= 4 is 27.9 Å². The number of hydrogen-bond donors (Lipinski definition) is 0. The zero-order valence-electron chi connectivity index (χ0n) is 5.54. The fourth-order valence-corrected chi connectivity index (χ4v) is 1.37. The number of rotatable bonds is 0. The van der Waals surface area contributed by atoms with Crippen LogP contribution in [-0.4, -0.2) is 5.91 Å². The van der Waals surface area contributed by atoms with Crippen LogP contribution < -0.4 is 10.6 Å². The highest BCUT2D eigenvalue weighted by molar-refractivity contribution is 9.10. The highest BCUT2D eigenvalue weighted by Gasteiger charge is 2.01. The molecule has 54 valence electrons. The molecular formula is C8H4BrNO. The number of nitrogens with zero attached hydrogens (tertiary/aromatic N) is 1. The molecule has 1 aliphatic heterocycles. The molecule has 0 aliphatic carbocycles. The van der Waals surface area contributed by atoms with Crippen molar-refractivity contribution in [1.29, 1.82) is 0 Å². The van der Waals surface area contributed by atoms with Crippen molar-refractivity contribution in [2.45, 2.75) is 0 Å². The summed E-state index contributed by atoms with van der Waals surface area (Å²) in [4.78, 5) is 14.6. The average molecular weight is 210 g/mol. The summed E-state index contributed by atoms with van der Waals surface area (Å²) in [6.45, 7) is 0. The Morgan fingerprint density at radius 1 is 1.36 bits per heavy atom. The van der Waals surface area contributed by atoms with E-state index in [0.29, 0.717) is 0 Å². The van der Waals surface area contributed by atoms with Gasteiger partial charge in [-0.25, -0.2) is 4.99 Å². The summed E-state index contributed by atoms with van der Waals surface area (Å²) >= 11 is 3.30. The van der Waals surface area contributed by atoms with Gasteiger partial charge in [-0.3, -0.25) is 4.79 Å². The predicted octanol–water partition coefficient (Wildman–Crippen LogP) is 0.389. The summed E-state index contributed by atoms with van der Waals surface area (Å²) in [5.74, 6) is -0.168. The molecule has 1 aromatic rings. The number of halogens is 1. The van der Waals surface area contributed by atoms with Crippen LogP contribution in [0.25, 0.3) is 6.08 Å². The molecule has 0 radical (unpaired) electrons. The van der Waals surface area contributed by atoms with Gasteiger partial charge in [0.05, 0.1) is 5.36 Å². The maximum Gasteiger partial charge on any atom is 0.270 e. The molecule has 0 fully saturated rings. The van der Waals surface area contributed by atoms with E-state index in [2.05, 4.69) is 20.9 Å². The Balaban J connectivity index is 2.89. The van der Waals surface area contributed by atoms with Gasteiger partial charge in [-0.05, 0) is 12.1 Å². The minimum atomic E-state index is -0.168. The summed E-state index contributed by atoms with van der Waals surface area (Å²) in [5.41, 5.74) is 0. The lowest BCUT2D eigenvalue weighted by atomic mass is 10.3. The van der Waals surface area contributed by atoms with Crippen molar-refractivity contribution in [2.75, 3.05) is 0 Å². The highest BCUT2D eigenvalue weighted by atomic mass is 79.9. The Hall–Kier alpha value is -0.960. The smallest absolute Gasteiger partial charge is 0.267 e. The van der Waals surface area contributed by atoms with Gasteiger partial charge in [0.15, 0.2) is 0 Å². The zero-order valence-corrected chi connectivity index (χ0v) is 7.13. The third-order valence-corrected chi connectivity index (χ3v) is 2.00. The molecule has 1 heterocycles. The van der Waals surface area contributed by atoms with Gasteiger partial charge in [0, 0.05) is 15.8 Å². The maximum absolute atomic E-state index is 10.8. The second-order valence-corrected chi connectivity index (χ2v) is 3.21. The molecule has 0 saturated heterocycles. The second-order valence-electron chi connectivity index (χ2n) is 2.30. The second kappa shape index (κ2) is 2.27. The van der Waals surface area contributed by atoms with Gasteiger partial charge in [-0.2, -0.15) is 0 Å². The summed E-state index contributed by atoms with van der Waals surface area (Å²) in [7, 11) is 0. The number of carbonyl (C=O) groups is 1. The van der Waals surface area contributed by atoms with Crippen LogP contribution in [0.5, 0.6) is 0 Å². The molecule has 2 nitrogen and oxygen atoms in total. The first-order valence-corrected chi connectivity index (χ1v) is 3.95. The van der Waals surface area contributed by atoms with Gasteiger partial charge in [0.2, 0.25) is 0 Å². The Morgan fingerprint density at radius 2 is 2.18 bits per heavy atom. The molecule has 0 unspecified atom stereocenters. The van der Waals surface area contributed by atoms with E-state index in [1.165, 1.54) is 6.08 Å². The lowest BCUT2D eigenvalue weighted by Gasteiger charge is -1.84. The van der Waals surface area contributed by atoms with Crippen LogP contribution in [0, 0.1) is 0 Å². The quantitative estimate of drug-likeness (QED) is 0.609. The zero-order chi connectivity index (χ0) is 7.84. The number of benzene rings is 1. The Kier molecular flexibility index (Phi) is 1.39. The Morgan fingerprint density at radius 3 is 3.00 bits per heavy atom. The molecule has 1 amide bonds. The molecule has 0 atom stereocenters. The molecule has 1 aliphatic rings. The SMILES string of the molecule is O=C1C=c2ccc(Br)cc2=N1. The van der Waals surface area contributed by atoms with Gasteiger partial charge in [-0.15, -0.1) is 0 Å². The fourth-order valence-electron chi connectivity index (χ4n) is 1.02. The first-order chi connectivity index (χ1) is 5.25. The molecule has 0 aromatic heterocycles. The largest absolute Gasteiger partial charge is 0.270 e. The average Bonchev–Trinajstić information content (AvgIpc) is 2.27. The molecule has 3 heteroatoms. The molecule has 0 spiro atoms. The molecule has 1 aromatic carbocycles. The minimum absolute atomic E-state index is 0.168. The fraction of sp³-hybridized carbons (Fsp3) is 0. The van der Waals surface area contributed by atoms with Crippen LogP contribution in [-0.2, 0) is 4.79 Å². The van der Waals surface area contributed by atoms with E-state index in [1.54, 1.807) is 0 Å². The monoisotopic (exact) mass is 209 g/mol. The van der Waals surface area contributed by atoms with E-state index in [9.17, 15) is 4.79 Å². The molecule has 0 saturated carbocycles. The van der Waals surface area contributed by atoms with E-state index in [0.717, 1.165) is 15.0 Å². The number of hydrogen-bond acceptors (Lipinski definition) is 1. The van der Waals surface area contributed by atoms with Crippen molar-refractivity contribution in [3.63, 3.8) is 0 Å². The summed E-state index contributed by atoms with van der Waals surface area (Å²) in [6.07, 6.45) is 1.53. The van der Waals surface area contributed by atoms with Crippen LogP contribution in [0.1, 0.15) is 0 Å². The van der Waals surface area contributed by atoms with Crippen molar-refractivity contribution in [2.24, 2.45) is 4.99 Å². The molecule has 0 bridgehead atoms. The van der Waals surface area contributed by atoms with E-state index in [1.807, 2.05) is 18.2 Å². The number of amides is 1. The molecular weight excluding hydrogens is 206 g/mol. The normalized spacial score (nSPS) is 13.7. The maximum atomic E-state index is 10.8. The first-order valence-electron chi connectivity index (χ1n) is 3.16. The van der Waals surface area contributed by atoms with Crippen LogP contribution in [0.2, 0.25) is 0 Å². The van der Waals surface area contributed by atoms with Crippen molar-refractivity contribution in [3.8, 4) is 0 Å². The minimum Gasteiger partial charge on any atom is -0.267 e. The Labute approximate surface area is 71.4 Å². The topological polar surface area (TPSA) is 29.4 Å². The van der Waals surface area contributed by atoms with Crippen molar-refractivity contribution in [1.82, 2.24) is 0 Å². The van der Waals surface area contributed by atoms with Gasteiger partial charge >= 0.3 is 0 Å². The summed E-state index contributed by atoms with van der Waals surface area (Å²) < 4.78 is 0.947. The van der Waals surface area contributed by atoms with Crippen LogP contribution in [0.3, 0.4) is 0 Å². The number of carbonyl (C=O) groups excluding carboxylic acids is 1. The third-order valence-electron chi connectivity index (χ3n) is 1.50. The predicted molar refractivity (Wildman–Crippen MR) is 44.4 cm³/mol. The third kappa shape index (κ3) is 1.12. The number of fused-ring (bicyclic) bond motifs is 1. The van der Waals surface area contributed by atoms with E-state index in [-0.39, 0.29) is 5.91 Å². The molecule has 2 rings (SSSR count). The van der Waals surface area contributed by atoms with Gasteiger partial charge in [0.1, 0.15) is 0 Å². The van der Waals surface area contributed by atoms with Crippen LogP contribution >= 0.6 is 15.9 Å². The van der Waals surface area contributed by atoms with Crippen molar-refractivity contribution in [3.05, 3.63) is 33.2 Å². The highest BCUT2D eigenvalue weighted by Crippen LogP contribution is 2.02. The Bertz CT molecular complexity index is 436. The first kappa shape index (κ1) is 6.73. The summed E-state index contributed by atoms with van der Waals surface area (Å²) in [6, 6.07) is 5.59. The van der Waals surface area contributed by atoms with E-state index in [4.69, 9.17) is 0 Å². The van der Waals surface area contributed by atoms with E-state index < -0.39 is 0 Å². The van der Waals surface area contributed by atoms with Gasteiger partial charge in [-0.1, -0.05) is 22.0 Å². The van der Waals surface area contributed by atoms with Crippen LogP contribution in [0.4, 0.5) is 0 Å². The van der Waals surface area contributed by atoms with Crippen molar-refractivity contribution < 1.29 is 4.79 Å². The standard InChI is InChI=1S/C8H4BrNO/c9-6-2-1-5-3-8(11)10-7(5)4-6/h1-4H. The lowest BCUT2D eigenvalue weighted by molar-refractivity contribution is -0.112. The van der Waals surface area contributed by atoms with E-state index >= 15 is 0 Å². The lowest BCUT2D eigenvalue weighted by Crippen LogP contribution is -2.20. The summed E-state index contributed by atoms with van der Waals surface area (Å²) in [5, 5.41) is 1.66. The molecule has 11 heavy (non-hydrogen) atoms.